The maximum absolute atomic E-state index is 11.7. The van der Waals surface area contributed by atoms with Crippen LogP contribution in [0, 0.1) is 5.92 Å². The SMILES string of the molecule is CC(CN(C)C(=O)NCCc1nncn1C)C(=O)O. The van der Waals surface area contributed by atoms with Gasteiger partial charge in [0, 0.05) is 33.6 Å². The Labute approximate surface area is 111 Å². The number of aliphatic carboxylic acids is 1. The number of urea groups is 1. The number of amides is 2. The minimum Gasteiger partial charge on any atom is -0.481 e. The standard InChI is InChI=1S/C11H19N5O3/c1-8(10(17)18)6-15(2)11(19)12-5-4-9-14-13-7-16(9)3/h7-8H,4-6H2,1-3H3,(H,12,19)(H,17,18). The summed E-state index contributed by atoms with van der Waals surface area (Å²) in [5.74, 6) is -0.727. The molecule has 0 radical (unpaired) electrons. The molecule has 2 N–H and O–H groups in total. The van der Waals surface area contributed by atoms with Crippen LogP contribution in [0.5, 0.6) is 0 Å². The monoisotopic (exact) mass is 269 g/mol. The highest BCUT2D eigenvalue weighted by molar-refractivity contribution is 5.75. The lowest BCUT2D eigenvalue weighted by Gasteiger charge is -2.19. The molecule has 1 atom stereocenters. The number of carbonyl (C=O) groups is 2. The second-order valence-electron chi connectivity index (χ2n) is 4.46. The number of carboxylic acid groups (broad SMARTS) is 1. The second kappa shape index (κ2) is 6.72. The molecule has 0 spiro atoms. The zero-order chi connectivity index (χ0) is 14.4. The number of nitrogens with zero attached hydrogens (tertiary/aromatic N) is 4. The number of aromatic nitrogens is 3. The molecule has 0 aromatic carbocycles. The third-order valence-electron chi connectivity index (χ3n) is 2.75. The van der Waals surface area contributed by atoms with Gasteiger partial charge in [0.15, 0.2) is 0 Å². The lowest BCUT2D eigenvalue weighted by atomic mass is 10.2. The van der Waals surface area contributed by atoms with Crippen LogP contribution in [-0.2, 0) is 18.3 Å². The molecule has 1 unspecified atom stereocenters. The predicted octanol–water partition coefficient (Wildman–Crippen LogP) is -0.280. The molecule has 1 heterocycles. The number of hydrogen-bond donors (Lipinski definition) is 2. The van der Waals surface area contributed by atoms with Crippen molar-refractivity contribution in [3.63, 3.8) is 0 Å². The summed E-state index contributed by atoms with van der Waals surface area (Å²) in [6.45, 7) is 2.16. The van der Waals surface area contributed by atoms with Crippen molar-refractivity contribution in [1.82, 2.24) is 25.0 Å². The molecule has 0 saturated carbocycles. The van der Waals surface area contributed by atoms with Crippen LogP contribution in [0.15, 0.2) is 6.33 Å². The number of carboxylic acids is 1. The molecule has 8 nitrogen and oxygen atoms in total. The Balaban J connectivity index is 2.31. The number of rotatable bonds is 6. The van der Waals surface area contributed by atoms with E-state index in [1.165, 1.54) is 4.90 Å². The minimum atomic E-state index is -0.918. The van der Waals surface area contributed by atoms with Crippen molar-refractivity contribution in [2.45, 2.75) is 13.3 Å². The molecule has 1 aromatic heterocycles. The van der Waals surface area contributed by atoms with Crippen LogP contribution in [-0.4, -0.2) is 56.9 Å². The molecule has 0 aliphatic heterocycles. The smallest absolute Gasteiger partial charge is 0.317 e. The molecular formula is C11H19N5O3. The normalized spacial score (nSPS) is 11.9. The maximum atomic E-state index is 11.7. The summed E-state index contributed by atoms with van der Waals surface area (Å²) in [6.07, 6.45) is 2.17. The summed E-state index contributed by atoms with van der Waals surface area (Å²) in [7, 11) is 3.40. The largest absolute Gasteiger partial charge is 0.481 e. The van der Waals surface area contributed by atoms with Crippen LogP contribution >= 0.6 is 0 Å². The lowest BCUT2D eigenvalue weighted by Crippen LogP contribution is -2.41. The van der Waals surface area contributed by atoms with Crippen LogP contribution in [0.4, 0.5) is 4.79 Å². The van der Waals surface area contributed by atoms with Gasteiger partial charge in [0.25, 0.3) is 0 Å². The summed E-state index contributed by atoms with van der Waals surface area (Å²) in [4.78, 5) is 23.7. The highest BCUT2D eigenvalue weighted by Gasteiger charge is 2.17. The Hall–Kier alpha value is -2.12. The molecule has 0 saturated heterocycles. The molecule has 0 aliphatic rings. The van der Waals surface area contributed by atoms with E-state index in [4.69, 9.17) is 5.11 Å². The average molecular weight is 269 g/mol. The first-order chi connectivity index (χ1) is 8.91. The topological polar surface area (TPSA) is 100 Å². The molecular weight excluding hydrogens is 250 g/mol. The van der Waals surface area contributed by atoms with E-state index in [1.807, 2.05) is 7.05 Å². The van der Waals surface area contributed by atoms with Crippen molar-refractivity contribution in [3.8, 4) is 0 Å². The van der Waals surface area contributed by atoms with Gasteiger partial charge in [-0.3, -0.25) is 4.79 Å². The van der Waals surface area contributed by atoms with Crippen molar-refractivity contribution in [3.05, 3.63) is 12.2 Å². The van der Waals surface area contributed by atoms with Crippen LogP contribution in [0.25, 0.3) is 0 Å². The Morgan fingerprint density at radius 2 is 2.26 bits per heavy atom. The van der Waals surface area contributed by atoms with Crippen molar-refractivity contribution in [1.29, 1.82) is 0 Å². The number of carbonyl (C=O) groups excluding carboxylic acids is 1. The number of nitrogens with one attached hydrogen (secondary N) is 1. The second-order valence-corrected chi connectivity index (χ2v) is 4.46. The summed E-state index contributed by atoms with van der Waals surface area (Å²) in [5, 5.41) is 19.1. The first kappa shape index (κ1) is 14.9. The highest BCUT2D eigenvalue weighted by Crippen LogP contribution is 1.98. The van der Waals surface area contributed by atoms with Gasteiger partial charge in [-0.15, -0.1) is 10.2 Å². The van der Waals surface area contributed by atoms with E-state index in [-0.39, 0.29) is 12.6 Å². The lowest BCUT2D eigenvalue weighted by molar-refractivity contribution is -0.141. The summed E-state index contributed by atoms with van der Waals surface area (Å²) in [6, 6.07) is -0.296. The molecule has 106 valence electrons. The van der Waals surface area contributed by atoms with Crippen molar-refractivity contribution >= 4 is 12.0 Å². The third-order valence-corrected chi connectivity index (χ3v) is 2.75. The number of hydrogen-bond acceptors (Lipinski definition) is 4. The van der Waals surface area contributed by atoms with E-state index >= 15 is 0 Å². The van der Waals surface area contributed by atoms with E-state index in [0.29, 0.717) is 13.0 Å². The van der Waals surface area contributed by atoms with Crippen LogP contribution in [0.2, 0.25) is 0 Å². The molecule has 8 heteroatoms. The van der Waals surface area contributed by atoms with Crippen molar-refractivity contribution in [2.75, 3.05) is 20.1 Å². The van der Waals surface area contributed by atoms with E-state index < -0.39 is 11.9 Å². The Kier molecular flexibility index (Phi) is 5.28. The van der Waals surface area contributed by atoms with E-state index in [1.54, 1.807) is 24.9 Å². The first-order valence-electron chi connectivity index (χ1n) is 5.96. The Bertz CT molecular complexity index is 445. The van der Waals surface area contributed by atoms with E-state index in [9.17, 15) is 9.59 Å². The van der Waals surface area contributed by atoms with Crippen LogP contribution in [0.1, 0.15) is 12.7 Å². The molecule has 0 aliphatic carbocycles. The van der Waals surface area contributed by atoms with Gasteiger partial charge in [0.1, 0.15) is 12.2 Å². The molecule has 1 rings (SSSR count). The first-order valence-corrected chi connectivity index (χ1v) is 5.96. The van der Waals surface area contributed by atoms with Gasteiger partial charge in [0.05, 0.1) is 5.92 Å². The molecule has 0 bridgehead atoms. The quantitative estimate of drug-likeness (QED) is 0.739. The molecule has 19 heavy (non-hydrogen) atoms. The minimum absolute atomic E-state index is 0.172. The van der Waals surface area contributed by atoms with Gasteiger partial charge in [-0.25, -0.2) is 4.79 Å². The van der Waals surface area contributed by atoms with Gasteiger partial charge >= 0.3 is 12.0 Å². The van der Waals surface area contributed by atoms with Gasteiger partial charge in [-0.1, -0.05) is 6.92 Å². The van der Waals surface area contributed by atoms with Crippen molar-refractivity contribution in [2.24, 2.45) is 13.0 Å². The predicted molar refractivity (Wildman–Crippen MR) is 67.5 cm³/mol. The summed E-state index contributed by atoms with van der Waals surface area (Å²) >= 11 is 0. The summed E-state index contributed by atoms with van der Waals surface area (Å²) in [5.41, 5.74) is 0. The summed E-state index contributed by atoms with van der Waals surface area (Å²) < 4.78 is 1.78. The van der Waals surface area contributed by atoms with Crippen LogP contribution < -0.4 is 5.32 Å². The van der Waals surface area contributed by atoms with Gasteiger partial charge in [0.2, 0.25) is 0 Å². The van der Waals surface area contributed by atoms with Gasteiger partial charge in [-0.05, 0) is 0 Å². The fourth-order valence-electron chi connectivity index (χ4n) is 1.52. The maximum Gasteiger partial charge on any atom is 0.317 e. The fraction of sp³-hybridized carbons (Fsp3) is 0.636. The van der Waals surface area contributed by atoms with Gasteiger partial charge in [-0.2, -0.15) is 0 Å². The number of aryl methyl sites for hydroxylation is 1. The molecule has 0 fully saturated rings. The zero-order valence-electron chi connectivity index (χ0n) is 11.3. The highest BCUT2D eigenvalue weighted by atomic mass is 16.4. The Morgan fingerprint density at radius 3 is 2.79 bits per heavy atom. The Morgan fingerprint density at radius 1 is 1.58 bits per heavy atom. The van der Waals surface area contributed by atoms with Crippen LogP contribution in [0.3, 0.4) is 0 Å². The fourth-order valence-corrected chi connectivity index (χ4v) is 1.52. The third kappa shape index (κ3) is 4.57. The van der Waals surface area contributed by atoms with E-state index in [2.05, 4.69) is 15.5 Å². The zero-order valence-corrected chi connectivity index (χ0v) is 11.3. The van der Waals surface area contributed by atoms with E-state index in [0.717, 1.165) is 5.82 Å². The average Bonchev–Trinajstić information content (AvgIpc) is 2.74. The molecule has 2 amide bonds. The molecule has 1 aromatic rings. The van der Waals surface area contributed by atoms with Gasteiger partial charge < -0.3 is 19.9 Å². The van der Waals surface area contributed by atoms with Crippen molar-refractivity contribution < 1.29 is 14.7 Å².